The van der Waals surface area contributed by atoms with E-state index >= 15 is 0 Å². The average molecular weight is 244 g/mol. The molecule has 0 unspecified atom stereocenters. The molecule has 1 aliphatic rings. The number of aliphatic hydroxyl groups is 1. The average Bonchev–Trinajstić information content (AvgIpc) is 2.41. The fourth-order valence-electron chi connectivity index (χ4n) is 1.87. The van der Waals surface area contributed by atoms with E-state index in [2.05, 4.69) is 0 Å². The van der Waals surface area contributed by atoms with Crippen molar-refractivity contribution in [3.63, 3.8) is 0 Å². The van der Waals surface area contributed by atoms with Crippen LogP contribution in [0.2, 0.25) is 0 Å². The Morgan fingerprint density at radius 2 is 2.00 bits per heavy atom. The van der Waals surface area contributed by atoms with Gasteiger partial charge >= 0.3 is 0 Å². The Bertz CT molecular complexity index is 488. The first-order chi connectivity index (χ1) is 8.66. The van der Waals surface area contributed by atoms with E-state index < -0.39 is 5.60 Å². The summed E-state index contributed by atoms with van der Waals surface area (Å²) in [5.74, 6) is -0.00286. The first-order valence-electron chi connectivity index (χ1n) is 5.99. The SMILES string of the molecule is CC[C@]1(O)C(=O)C=CC=C1OCc1ccccc1. The van der Waals surface area contributed by atoms with Gasteiger partial charge in [-0.2, -0.15) is 0 Å². The summed E-state index contributed by atoms with van der Waals surface area (Å²) in [7, 11) is 0. The lowest BCUT2D eigenvalue weighted by atomic mass is 9.89. The van der Waals surface area contributed by atoms with Crippen LogP contribution in [0.3, 0.4) is 0 Å². The van der Waals surface area contributed by atoms with Gasteiger partial charge in [0.1, 0.15) is 12.4 Å². The van der Waals surface area contributed by atoms with Crippen molar-refractivity contribution in [2.45, 2.75) is 25.6 Å². The molecule has 0 fully saturated rings. The summed E-state index contributed by atoms with van der Waals surface area (Å²) < 4.78 is 5.58. The highest BCUT2D eigenvalue weighted by molar-refractivity contribution is 6.00. The molecule has 1 aliphatic carbocycles. The van der Waals surface area contributed by atoms with Gasteiger partial charge in [0.25, 0.3) is 0 Å². The number of carbonyl (C=O) groups is 1. The maximum absolute atomic E-state index is 11.7. The highest BCUT2D eigenvalue weighted by Crippen LogP contribution is 2.27. The molecule has 18 heavy (non-hydrogen) atoms. The van der Waals surface area contributed by atoms with Gasteiger partial charge in [-0.05, 0) is 24.1 Å². The van der Waals surface area contributed by atoms with Crippen LogP contribution in [0.5, 0.6) is 0 Å². The minimum absolute atomic E-state index is 0.302. The second kappa shape index (κ2) is 5.19. The topological polar surface area (TPSA) is 46.5 Å². The van der Waals surface area contributed by atoms with Crippen LogP contribution in [-0.2, 0) is 16.1 Å². The fourth-order valence-corrected chi connectivity index (χ4v) is 1.87. The van der Waals surface area contributed by atoms with Gasteiger partial charge in [-0.25, -0.2) is 0 Å². The molecule has 1 aromatic carbocycles. The van der Waals surface area contributed by atoms with Crippen LogP contribution in [-0.4, -0.2) is 16.5 Å². The van der Waals surface area contributed by atoms with Crippen molar-refractivity contribution in [2.75, 3.05) is 0 Å². The van der Waals surface area contributed by atoms with Crippen LogP contribution in [0.15, 0.2) is 54.3 Å². The highest BCUT2D eigenvalue weighted by Gasteiger charge is 2.39. The molecule has 0 aliphatic heterocycles. The molecule has 0 saturated heterocycles. The molecule has 0 aromatic heterocycles. The third-order valence-corrected chi connectivity index (χ3v) is 3.06. The van der Waals surface area contributed by atoms with E-state index in [1.165, 1.54) is 6.08 Å². The summed E-state index contributed by atoms with van der Waals surface area (Å²) in [5.41, 5.74) is -0.511. The van der Waals surface area contributed by atoms with E-state index in [1.54, 1.807) is 19.1 Å². The lowest BCUT2D eigenvalue weighted by Gasteiger charge is -2.28. The number of rotatable bonds is 4. The predicted octanol–water partition coefficient (Wildman–Crippen LogP) is 2.37. The number of carbonyl (C=O) groups excluding carboxylic acids is 1. The van der Waals surface area contributed by atoms with Gasteiger partial charge in [-0.15, -0.1) is 0 Å². The van der Waals surface area contributed by atoms with Gasteiger partial charge in [-0.1, -0.05) is 43.3 Å². The van der Waals surface area contributed by atoms with Crippen LogP contribution in [0.4, 0.5) is 0 Å². The predicted molar refractivity (Wildman–Crippen MR) is 68.7 cm³/mol. The minimum atomic E-state index is -1.51. The Hall–Kier alpha value is -1.87. The Morgan fingerprint density at radius 1 is 1.28 bits per heavy atom. The van der Waals surface area contributed by atoms with Gasteiger partial charge in [0.15, 0.2) is 11.4 Å². The van der Waals surface area contributed by atoms with E-state index in [1.807, 2.05) is 30.3 Å². The molecule has 0 saturated carbocycles. The van der Waals surface area contributed by atoms with E-state index in [4.69, 9.17) is 4.74 Å². The van der Waals surface area contributed by atoms with E-state index in [0.717, 1.165) is 5.56 Å². The largest absolute Gasteiger partial charge is 0.490 e. The van der Waals surface area contributed by atoms with Gasteiger partial charge in [0.2, 0.25) is 0 Å². The van der Waals surface area contributed by atoms with Crippen molar-refractivity contribution in [1.29, 1.82) is 0 Å². The Balaban J connectivity index is 2.11. The van der Waals surface area contributed by atoms with Crippen molar-refractivity contribution < 1.29 is 14.6 Å². The molecule has 0 bridgehead atoms. The molecular weight excluding hydrogens is 228 g/mol. The first kappa shape index (κ1) is 12.6. The van der Waals surface area contributed by atoms with Crippen LogP contribution in [0, 0.1) is 0 Å². The van der Waals surface area contributed by atoms with Crippen LogP contribution in [0.25, 0.3) is 0 Å². The third kappa shape index (κ3) is 2.36. The summed E-state index contributed by atoms with van der Waals surface area (Å²) in [6.45, 7) is 2.10. The molecular formula is C15H16O3. The number of allylic oxidation sites excluding steroid dienone is 2. The van der Waals surface area contributed by atoms with E-state index in [-0.39, 0.29) is 5.78 Å². The molecule has 0 spiro atoms. The monoisotopic (exact) mass is 244 g/mol. The Kier molecular flexibility index (Phi) is 3.63. The van der Waals surface area contributed by atoms with Crippen molar-refractivity contribution in [2.24, 2.45) is 0 Å². The molecule has 3 nitrogen and oxygen atoms in total. The van der Waals surface area contributed by atoms with Crippen LogP contribution in [0.1, 0.15) is 18.9 Å². The van der Waals surface area contributed by atoms with Crippen molar-refractivity contribution in [3.05, 3.63) is 59.9 Å². The van der Waals surface area contributed by atoms with Gasteiger partial charge in [0.05, 0.1) is 0 Å². The van der Waals surface area contributed by atoms with Gasteiger partial charge < -0.3 is 9.84 Å². The van der Waals surface area contributed by atoms with Crippen molar-refractivity contribution in [1.82, 2.24) is 0 Å². The molecule has 1 atom stereocenters. The normalized spacial score (nSPS) is 22.8. The lowest BCUT2D eigenvalue weighted by Crippen LogP contribution is -2.41. The zero-order valence-electron chi connectivity index (χ0n) is 10.3. The maximum atomic E-state index is 11.7. The summed E-state index contributed by atoms with van der Waals surface area (Å²) in [5, 5.41) is 10.3. The van der Waals surface area contributed by atoms with Gasteiger partial charge in [-0.3, -0.25) is 4.79 Å². The van der Waals surface area contributed by atoms with E-state index in [0.29, 0.717) is 18.8 Å². The number of ketones is 1. The highest BCUT2D eigenvalue weighted by atomic mass is 16.5. The zero-order valence-corrected chi connectivity index (χ0v) is 10.3. The number of ether oxygens (including phenoxy) is 1. The van der Waals surface area contributed by atoms with Crippen LogP contribution >= 0.6 is 0 Å². The second-order valence-corrected chi connectivity index (χ2v) is 4.24. The summed E-state index contributed by atoms with van der Waals surface area (Å²) in [6, 6.07) is 9.64. The fraction of sp³-hybridized carbons (Fsp3) is 0.267. The zero-order chi connectivity index (χ0) is 13.0. The lowest BCUT2D eigenvalue weighted by molar-refractivity contribution is -0.133. The van der Waals surface area contributed by atoms with Crippen molar-refractivity contribution >= 4 is 5.78 Å². The molecule has 2 rings (SSSR count). The summed E-state index contributed by atoms with van der Waals surface area (Å²) >= 11 is 0. The number of hydrogen-bond acceptors (Lipinski definition) is 3. The number of benzene rings is 1. The van der Waals surface area contributed by atoms with Gasteiger partial charge in [0, 0.05) is 0 Å². The standard InChI is InChI=1S/C15H16O3/c1-2-15(17)13(16)9-6-10-14(15)18-11-12-7-4-3-5-8-12/h3-10,17H,2,11H2,1H3/t15-/m0/s1. The Morgan fingerprint density at radius 3 is 2.67 bits per heavy atom. The summed E-state index contributed by atoms with van der Waals surface area (Å²) in [4.78, 5) is 11.7. The minimum Gasteiger partial charge on any atom is -0.490 e. The first-order valence-corrected chi connectivity index (χ1v) is 5.99. The molecule has 0 radical (unpaired) electrons. The quantitative estimate of drug-likeness (QED) is 0.884. The maximum Gasteiger partial charge on any atom is 0.194 e. The van der Waals surface area contributed by atoms with Crippen molar-refractivity contribution in [3.8, 4) is 0 Å². The molecule has 0 amide bonds. The molecule has 3 heteroatoms. The van der Waals surface area contributed by atoms with Crippen LogP contribution < -0.4 is 0 Å². The van der Waals surface area contributed by atoms with E-state index in [9.17, 15) is 9.90 Å². The molecule has 1 aromatic rings. The number of hydrogen-bond donors (Lipinski definition) is 1. The third-order valence-electron chi connectivity index (χ3n) is 3.06. The Labute approximate surface area is 106 Å². The smallest absolute Gasteiger partial charge is 0.194 e. The molecule has 0 heterocycles. The second-order valence-electron chi connectivity index (χ2n) is 4.24. The summed E-state index contributed by atoms with van der Waals surface area (Å²) in [6.07, 6.45) is 4.93. The molecule has 94 valence electrons. The molecule has 1 N–H and O–H groups in total.